The van der Waals surface area contributed by atoms with Crippen molar-refractivity contribution in [3.8, 4) is 0 Å². The first-order valence-electron chi connectivity index (χ1n) is 7.04. The number of aliphatic hydroxyl groups is 1. The predicted octanol–water partition coefficient (Wildman–Crippen LogP) is 1.63. The lowest BCUT2D eigenvalue weighted by Gasteiger charge is -2.31. The molecule has 0 heterocycles. The fourth-order valence-electron chi connectivity index (χ4n) is 1.93. The standard InChI is InChI=1S/C14H30N2O2/c1-11(2)7-8-15-14(18)13(5)16(12(3)4)9-6-10-17/h11-13,17H,6-10H2,1-5H3,(H,15,18). The van der Waals surface area contributed by atoms with Crippen LogP contribution >= 0.6 is 0 Å². The number of nitrogens with one attached hydrogen (secondary N) is 1. The predicted molar refractivity (Wildman–Crippen MR) is 75.5 cm³/mol. The molecule has 2 N–H and O–H groups in total. The Morgan fingerprint density at radius 3 is 2.28 bits per heavy atom. The third-order valence-electron chi connectivity index (χ3n) is 3.14. The van der Waals surface area contributed by atoms with E-state index in [4.69, 9.17) is 5.11 Å². The second-order valence-electron chi connectivity index (χ2n) is 5.56. The second kappa shape index (κ2) is 9.34. The fraction of sp³-hybridized carbons (Fsp3) is 0.929. The third kappa shape index (κ3) is 6.97. The van der Waals surface area contributed by atoms with E-state index in [9.17, 15) is 4.79 Å². The molecule has 0 aliphatic rings. The Balaban J connectivity index is 4.20. The molecular formula is C14H30N2O2. The summed E-state index contributed by atoms with van der Waals surface area (Å²) >= 11 is 0. The van der Waals surface area contributed by atoms with Crippen molar-refractivity contribution in [3.05, 3.63) is 0 Å². The first-order chi connectivity index (χ1) is 8.40. The van der Waals surface area contributed by atoms with Crippen LogP contribution in [0, 0.1) is 5.92 Å². The van der Waals surface area contributed by atoms with Crippen LogP contribution < -0.4 is 5.32 Å². The van der Waals surface area contributed by atoms with E-state index in [1.54, 1.807) is 0 Å². The highest BCUT2D eigenvalue weighted by molar-refractivity contribution is 5.81. The topological polar surface area (TPSA) is 52.6 Å². The van der Waals surface area contributed by atoms with Crippen molar-refractivity contribution in [2.45, 2.75) is 59.5 Å². The summed E-state index contributed by atoms with van der Waals surface area (Å²) in [5.41, 5.74) is 0. The highest BCUT2D eigenvalue weighted by atomic mass is 16.3. The molecule has 0 spiro atoms. The summed E-state index contributed by atoms with van der Waals surface area (Å²) in [5, 5.41) is 11.9. The Hall–Kier alpha value is -0.610. The molecule has 4 nitrogen and oxygen atoms in total. The van der Waals surface area contributed by atoms with Gasteiger partial charge in [-0.05, 0) is 39.5 Å². The van der Waals surface area contributed by atoms with Gasteiger partial charge in [-0.2, -0.15) is 0 Å². The number of nitrogens with zero attached hydrogens (tertiary/aromatic N) is 1. The molecular weight excluding hydrogens is 228 g/mol. The summed E-state index contributed by atoms with van der Waals surface area (Å²) in [4.78, 5) is 14.1. The third-order valence-corrected chi connectivity index (χ3v) is 3.14. The van der Waals surface area contributed by atoms with Gasteiger partial charge in [-0.15, -0.1) is 0 Å². The number of hydrogen-bond acceptors (Lipinski definition) is 3. The van der Waals surface area contributed by atoms with Crippen molar-refractivity contribution >= 4 is 5.91 Å². The Bertz CT molecular complexity index is 230. The molecule has 0 fully saturated rings. The molecule has 0 aromatic rings. The van der Waals surface area contributed by atoms with E-state index >= 15 is 0 Å². The molecule has 1 unspecified atom stereocenters. The highest BCUT2D eigenvalue weighted by Gasteiger charge is 2.22. The van der Waals surface area contributed by atoms with Crippen molar-refractivity contribution in [2.24, 2.45) is 5.92 Å². The van der Waals surface area contributed by atoms with Gasteiger partial charge in [0.1, 0.15) is 0 Å². The van der Waals surface area contributed by atoms with Crippen molar-refractivity contribution in [1.29, 1.82) is 0 Å². The fourth-order valence-corrected chi connectivity index (χ4v) is 1.93. The van der Waals surface area contributed by atoms with E-state index in [0.717, 1.165) is 19.5 Å². The molecule has 0 aromatic carbocycles. The van der Waals surface area contributed by atoms with Crippen LogP contribution in [0.5, 0.6) is 0 Å². The second-order valence-corrected chi connectivity index (χ2v) is 5.56. The molecule has 0 bridgehead atoms. The van der Waals surface area contributed by atoms with E-state index in [0.29, 0.717) is 18.4 Å². The smallest absolute Gasteiger partial charge is 0.237 e. The quantitative estimate of drug-likeness (QED) is 0.661. The van der Waals surface area contributed by atoms with Crippen molar-refractivity contribution < 1.29 is 9.90 Å². The molecule has 0 aromatic heterocycles. The Kier molecular flexibility index (Phi) is 9.02. The minimum atomic E-state index is -0.135. The van der Waals surface area contributed by atoms with Gasteiger partial charge in [0.05, 0.1) is 6.04 Å². The summed E-state index contributed by atoms with van der Waals surface area (Å²) in [7, 11) is 0. The molecule has 18 heavy (non-hydrogen) atoms. The number of aliphatic hydroxyl groups excluding tert-OH is 1. The van der Waals surface area contributed by atoms with Crippen LogP contribution in [0.2, 0.25) is 0 Å². The normalized spacial score (nSPS) is 13.4. The van der Waals surface area contributed by atoms with Crippen molar-refractivity contribution in [3.63, 3.8) is 0 Å². The maximum Gasteiger partial charge on any atom is 0.237 e. The lowest BCUT2D eigenvalue weighted by Crippen LogP contribution is -2.48. The molecule has 0 rings (SSSR count). The van der Waals surface area contributed by atoms with Crippen molar-refractivity contribution in [1.82, 2.24) is 10.2 Å². The van der Waals surface area contributed by atoms with Gasteiger partial charge in [-0.25, -0.2) is 0 Å². The minimum Gasteiger partial charge on any atom is -0.396 e. The number of carbonyl (C=O) groups is 1. The van der Waals surface area contributed by atoms with Crippen LogP contribution in [0.3, 0.4) is 0 Å². The van der Waals surface area contributed by atoms with Gasteiger partial charge in [0.15, 0.2) is 0 Å². The zero-order chi connectivity index (χ0) is 14.1. The van der Waals surface area contributed by atoms with Crippen LogP contribution in [0.1, 0.15) is 47.5 Å². The molecule has 108 valence electrons. The average molecular weight is 258 g/mol. The molecule has 4 heteroatoms. The van der Waals surface area contributed by atoms with E-state index in [2.05, 4.69) is 37.9 Å². The average Bonchev–Trinajstić information content (AvgIpc) is 2.28. The number of amides is 1. The SMILES string of the molecule is CC(C)CCNC(=O)C(C)N(CCCO)C(C)C. The Morgan fingerprint density at radius 1 is 1.22 bits per heavy atom. The molecule has 0 radical (unpaired) electrons. The van der Waals surface area contributed by atoms with Gasteiger partial charge in [0.2, 0.25) is 5.91 Å². The van der Waals surface area contributed by atoms with Crippen LogP contribution in [0.4, 0.5) is 0 Å². The molecule has 0 saturated carbocycles. The summed E-state index contributed by atoms with van der Waals surface area (Å²) < 4.78 is 0. The van der Waals surface area contributed by atoms with E-state index in [1.807, 2.05) is 6.92 Å². The molecule has 0 aliphatic heterocycles. The lowest BCUT2D eigenvalue weighted by atomic mass is 10.1. The van der Waals surface area contributed by atoms with Gasteiger partial charge in [-0.3, -0.25) is 9.69 Å². The van der Waals surface area contributed by atoms with Gasteiger partial charge in [-0.1, -0.05) is 13.8 Å². The van der Waals surface area contributed by atoms with Gasteiger partial charge < -0.3 is 10.4 Å². The van der Waals surface area contributed by atoms with Gasteiger partial charge in [0, 0.05) is 25.7 Å². The Labute approximate surface area is 112 Å². The largest absolute Gasteiger partial charge is 0.396 e. The number of carbonyl (C=O) groups excluding carboxylic acids is 1. The maximum absolute atomic E-state index is 12.0. The van der Waals surface area contributed by atoms with E-state index in [1.165, 1.54) is 0 Å². The summed E-state index contributed by atoms with van der Waals surface area (Å²) in [5.74, 6) is 0.693. The first kappa shape index (κ1) is 17.4. The summed E-state index contributed by atoms with van der Waals surface area (Å²) in [6.07, 6.45) is 1.72. The Morgan fingerprint density at radius 2 is 1.83 bits per heavy atom. The van der Waals surface area contributed by atoms with Crippen LogP contribution in [-0.4, -0.2) is 47.7 Å². The number of hydrogen-bond donors (Lipinski definition) is 2. The van der Waals surface area contributed by atoms with Gasteiger partial charge in [0.25, 0.3) is 0 Å². The first-order valence-corrected chi connectivity index (χ1v) is 7.04. The van der Waals surface area contributed by atoms with Crippen LogP contribution in [0.15, 0.2) is 0 Å². The van der Waals surface area contributed by atoms with Crippen molar-refractivity contribution in [2.75, 3.05) is 19.7 Å². The summed E-state index contributed by atoms with van der Waals surface area (Å²) in [6, 6.07) is 0.172. The molecule has 1 amide bonds. The van der Waals surface area contributed by atoms with Gasteiger partial charge >= 0.3 is 0 Å². The molecule has 0 saturated heterocycles. The molecule has 0 aliphatic carbocycles. The maximum atomic E-state index is 12.0. The lowest BCUT2D eigenvalue weighted by molar-refractivity contribution is -0.126. The minimum absolute atomic E-state index is 0.0855. The van der Waals surface area contributed by atoms with Crippen LogP contribution in [0.25, 0.3) is 0 Å². The zero-order valence-electron chi connectivity index (χ0n) is 12.6. The molecule has 1 atom stereocenters. The van der Waals surface area contributed by atoms with E-state index < -0.39 is 0 Å². The highest BCUT2D eigenvalue weighted by Crippen LogP contribution is 2.07. The monoisotopic (exact) mass is 258 g/mol. The summed E-state index contributed by atoms with van der Waals surface area (Å²) in [6.45, 7) is 12.1. The van der Waals surface area contributed by atoms with Crippen LogP contribution in [-0.2, 0) is 4.79 Å². The number of rotatable bonds is 9. The zero-order valence-corrected chi connectivity index (χ0v) is 12.6. The van der Waals surface area contributed by atoms with E-state index in [-0.39, 0.29) is 18.6 Å².